The van der Waals surface area contributed by atoms with Gasteiger partial charge < -0.3 is 20.2 Å². The van der Waals surface area contributed by atoms with Gasteiger partial charge in [0.1, 0.15) is 0 Å². The van der Waals surface area contributed by atoms with Crippen LogP contribution in [0.4, 0.5) is 0 Å². The van der Waals surface area contributed by atoms with Gasteiger partial charge in [-0.25, -0.2) is 0 Å². The SMILES string of the molecule is O=C(NCB(O)O)C1CC(c2ccc(-c3ccccn3)cc2)=NO1. The molecule has 24 heavy (non-hydrogen) atoms. The van der Waals surface area contributed by atoms with E-state index in [-0.39, 0.29) is 6.44 Å². The quantitative estimate of drug-likeness (QED) is 0.689. The maximum Gasteiger partial charge on any atom is 0.472 e. The summed E-state index contributed by atoms with van der Waals surface area (Å²) in [6.07, 6.45) is 1.07. The number of benzene rings is 1. The van der Waals surface area contributed by atoms with Crippen LogP contribution in [0.25, 0.3) is 11.3 Å². The second-order valence-electron chi connectivity index (χ2n) is 5.35. The van der Waals surface area contributed by atoms with Gasteiger partial charge in [0.2, 0.25) is 6.10 Å². The van der Waals surface area contributed by atoms with E-state index in [2.05, 4.69) is 15.5 Å². The van der Waals surface area contributed by atoms with Crippen LogP contribution in [-0.2, 0) is 9.63 Å². The summed E-state index contributed by atoms with van der Waals surface area (Å²) in [4.78, 5) is 21.3. The number of hydrogen-bond donors (Lipinski definition) is 3. The number of rotatable bonds is 5. The van der Waals surface area contributed by atoms with Crippen LogP contribution in [0.3, 0.4) is 0 Å². The largest absolute Gasteiger partial charge is 0.472 e. The number of carbonyl (C=O) groups is 1. The van der Waals surface area contributed by atoms with Gasteiger partial charge in [0, 0.05) is 18.2 Å². The van der Waals surface area contributed by atoms with E-state index in [1.54, 1.807) is 6.20 Å². The van der Waals surface area contributed by atoms with E-state index in [4.69, 9.17) is 14.9 Å². The zero-order chi connectivity index (χ0) is 16.9. The third-order valence-corrected chi connectivity index (χ3v) is 3.60. The topological polar surface area (TPSA) is 104 Å². The normalized spacial score (nSPS) is 16.2. The lowest BCUT2D eigenvalue weighted by molar-refractivity contribution is -0.130. The van der Waals surface area contributed by atoms with Crippen LogP contribution in [0.5, 0.6) is 0 Å². The standard InChI is InChI=1S/C16H16BN3O4/c21-16(19-10-17(22)23)15-9-14(20-24-15)12-6-4-11(5-7-12)13-3-1-2-8-18-13/h1-8,15,22-23H,9-10H2,(H,19,21). The summed E-state index contributed by atoms with van der Waals surface area (Å²) in [6, 6.07) is 13.4. The van der Waals surface area contributed by atoms with E-state index in [1.165, 1.54) is 0 Å². The first-order valence-electron chi connectivity index (χ1n) is 7.52. The highest BCUT2D eigenvalue weighted by Gasteiger charge is 2.29. The van der Waals surface area contributed by atoms with Gasteiger partial charge in [0.05, 0.1) is 17.8 Å². The first-order valence-corrected chi connectivity index (χ1v) is 7.52. The molecule has 1 aliphatic heterocycles. The Morgan fingerprint density at radius 1 is 1.21 bits per heavy atom. The van der Waals surface area contributed by atoms with Crippen LogP contribution in [0.1, 0.15) is 12.0 Å². The summed E-state index contributed by atoms with van der Waals surface area (Å²) in [5.41, 5.74) is 3.41. The number of oxime groups is 1. The Morgan fingerprint density at radius 3 is 2.62 bits per heavy atom. The van der Waals surface area contributed by atoms with Gasteiger partial charge in [-0.3, -0.25) is 9.78 Å². The molecular formula is C16H16BN3O4. The lowest BCUT2D eigenvalue weighted by atomic mass is 9.92. The molecule has 1 atom stereocenters. The van der Waals surface area contributed by atoms with Crippen molar-refractivity contribution in [2.24, 2.45) is 5.16 Å². The minimum atomic E-state index is -1.59. The molecule has 2 heterocycles. The van der Waals surface area contributed by atoms with Crippen molar-refractivity contribution >= 4 is 18.7 Å². The van der Waals surface area contributed by atoms with E-state index in [1.807, 2.05) is 42.5 Å². The van der Waals surface area contributed by atoms with Crippen molar-refractivity contribution in [3.63, 3.8) is 0 Å². The minimum Gasteiger partial charge on any atom is -0.426 e. The van der Waals surface area contributed by atoms with Crippen molar-refractivity contribution in [3.05, 3.63) is 54.2 Å². The minimum absolute atomic E-state index is 0.243. The highest BCUT2D eigenvalue weighted by atomic mass is 16.6. The van der Waals surface area contributed by atoms with E-state index in [0.717, 1.165) is 16.8 Å². The fourth-order valence-corrected chi connectivity index (χ4v) is 2.36. The molecule has 0 spiro atoms. The smallest absolute Gasteiger partial charge is 0.426 e. The molecule has 8 heteroatoms. The molecule has 0 bridgehead atoms. The second-order valence-corrected chi connectivity index (χ2v) is 5.35. The summed E-state index contributed by atoms with van der Waals surface area (Å²) >= 11 is 0. The molecular weight excluding hydrogens is 309 g/mol. The number of nitrogens with zero attached hydrogens (tertiary/aromatic N) is 2. The molecule has 2 aromatic rings. The van der Waals surface area contributed by atoms with Gasteiger partial charge in [0.25, 0.3) is 5.91 Å². The van der Waals surface area contributed by atoms with Crippen molar-refractivity contribution in [2.75, 3.05) is 6.44 Å². The summed E-state index contributed by atoms with van der Waals surface area (Å²) < 4.78 is 0. The number of carbonyl (C=O) groups excluding carboxylic acids is 1. The monoisotopic (exact) mass is 325 g/mol. The van der Waals surface area contributed by atoms with Gasteiger partial charge >= 0.3 is 7.12 Å². The van der Waals surface area contributed by atoms with Crippen molar-refractivity contribution in [1.29, 1.82) is 0 Å². The van der Waals surface area contributed by atoms with Crippen molar-refractivity contribution < 1.29 is 19.7 Å². The summed E-state index contributed by atoms with van der Waals surface area (Å²) in [6.45, 7) is 0. The Balaban J connectivity index is 1.63. The van der Waals surface area contributed by atoms with Crippen molar-refractivity contribution in [2.45, 2.75) is 12.5 Å². The predicted octanol–water partition coefficient (Wildman–Crippen LogP) is 0.370. The lowest BCUT2D eigenvalue weighted by Gasteiger charge is -2.08. The molecule has 0 aliphatic carbocycles. The molecule has 0 radical (unpaired) electrons. The zero-order valence-electron chi connectivity index (χ0n) is 12.8. The van der Waals surface area contributed by atoms with Crippen LogP contribution in [0.2, 0.25) is 0 Å². The first-order chi connectivity index (χ1) is 11.6. The van der Waals surface area contributed by atoms with Crippen LogP contribution < -0.4 is 5.32 Å². The summed E-state index contributed by atoms with van der Waals surface area (Å²) in [5.74, 6) is -0.424. The fraction of sp³-hybridized carbons (Fsp3) is 0.188. The lowest BCUT2D eigenvalue weighted by Crippen LogP contribution is -2.41. The molecule has 1 amide bonds. The fourth-order valence-electron chi connectivity index (χ4n) is 2.36. The number of pyridine rings is 1. The van der Waals surface area contributed by atoms with E-state index >= 15 is 0 Å². The van der Waals surface area contributed by atoms with Gasteiger partial charge in [0.15, 0.2) is 0 Å². The highest BCUT2D eigenvalue weighted by molar-refractivity contribution is 6.41. The van der Waals surface area contributed by atoms with Gasteiger partial charge in [-0.2, -0.15) is 0 Å². The molecule has 122 valence electrons. The number of hydrogen-bond acceptors (Lipinski definition) is 6. The predicted molar refractivity (Wildman–Crippen MR) is 88.9 cm³/mol. The number of amides is 1. The first kappa shape index (κ1) is 16.2. The van der Waals surface area contributed by atoms with Crippen LogP contribution >= 0.6 is 0 Å². The van der Waals surface area contributed by atoms with E-state index < -0.39 is 19.1 Å². The van der Waals surface area contributed by atoms with Crippen LogP contribution in [0.15, 0.2) is 53.8 Å². The van der Waals surface area contributed by atoms with E-state index in [0.29, 0.717) is 12.1 Å². The molecule has 1 aromatic heterocycles. The maximum atomic E-state index is 11.8. The molecule has 1 aromatic carbocycles. The Labute approximate surface area is 139 Å². The molecule has 0 fully saturated rings. The Hall–Kier alpha value is -2.71. The molecule has 7 nitrogen and oxygen atoms in total. The molecule has 1 unspecified atom stereocenters. The van der Waals surface area contributed by atoms with E-state index in [9.17, 15) is 4.79 Å². The number of nitrogens with one attached hydrogen (secondary N) is 1. The molecule has 3 N–H and O–H groups in total. The second kappa shape index (κ2) is 7.24. The average molecular weight is 325 g/mol. The molecule has 0 saturated heterocycles. The Morgan fingerprint density at radius 2 is 1.96 bits per heavy atom. The average Bonchev–Trinajstić information content (AvgIpc) is 3.11. The van der Waals surface area contributed by atoms with Gasteiger partial charge in [-0.05, 0) is 17.7 Å². The van der Waals surface area contributed by atoms with Crippen LogP contribution in [-0.4, -0.2) is 46.3 Å². The number of aromatic nitrogens is 1. The van der Waals surface area contributed by atoms with Crippen LogP contribution in [0, 0.1) is 0 Å². The highest BCUT2D eigenvalue weighted by Crippen LogP contribution is 2.21. The van der Waals surface area contributed by atoms with Gasteiger partial charge in [-0.15, -0.1) is 0 Å². The third-order valence-electron chi connectivity index (χ3n) is 3.60. The summed E-state index contributed by atoms with van der Waals surface area (Å²) in [7, 11) is -1.59. The van der Waals surface area contributed by atoms with Crippen molar-refractivity contribution in [3.8, 4) is 11.3 Å². The molecule has 1 aliphatic rings. The molecule has 0 saturated carbocycles. The van der Waals surface area contributed by atoms with Crippen molar-refractivity contribution in [1.82, 2.24) is 10.3 Å². The summed E-state index contributed by atoms with van der Waals surface area (Å²) in [5, 5.41) is 23.9. The third kappa shape index (κ3) is 3.79. The molecule has 3 rings (SSSR count). The zero-order valence-corrected chi connectivity index (χ0v) is 12.8. The maximum absolute atomic E-state index is 11.8. The Bertz CT molecular complexity index is 735. The van der Waals surface area contributed by atoms with Gasteiger partial charge in [-0.1, -0.05) is 35.5 Å². The Kier molecular flexibility index (Phi) is 4.88.